The van der Waals surface area contributed by atoms with Gasteiger partial charge in [-0.2, -0.15) is 0 Å². The summed E-state index contributed by atoms with van der Waals surface area (Å²) in [7, 11) is 0. The first-order chi connectivity index (χ1) is 4.70. The summed E-state index contributed by atoms with van der Waals surface area (Å²) in [6.07, 6.45) is 0.251. The van der Waals surface area contributed by atoms with Crippen LogP contribution in [0.1, 0.15) is 36.6 Å². The molecular formula is C6H14O. The van der Waals surface area contributed by atoms with Crippen molar-refractivity contribution in [3.63, 3.8) is 0 Å². The minimum atomic E-state index is -0.459. The Balaban J connectivity index is 3.17. The van der Waals surface area contributed by atoms with Gasteiger partial charge in [0.15, 0.2) is 0 Å². The zero-order chi connectivity index (χ0) is 7.98. The molecule has 0 aliphatic carbocycles. The fourth-order valence-electron chi connectivity index (χ4n) is 0.327. The molecule has 0 fully saturated rings. The maximum absolute atomic E-state index is 8.42. The summed E-state index contributed by atoms with van der Waals surface area (Å²) in [6.45, 7) is -0.0388. The second kappa shape index (κ2) is 5.96. The predicted molar refractivity (Wildman–Crippen MR) is 31.2 cm³/mol. The Kier molecular flexibility index (Phi) is 2.62. The third-order valence-corrected chi connectivity index (χ3v) is 0.704. The summed E-state index contributed by atoms with van der Waals surface area (Å²) in [6, 6.07) is 0. The monoisotopic (exact) mass is 105 g/mol. The Labute approximate surface area is 49.6 Å². The predicted octanol–water partition coefficient (Wildman–Crippen LogP) is 1.56. The minimum absolute atomic E-state index is 0.0954. The van der Waals surface area contributed by atoms with Gasteiger partial charge in [0, 0.05) is 10.7 Å². The van der Waals surface area contributed by atoms with Crippen molar-refractivity contribution in [2.24, 2.45) is 0 Å². The summed E-state index contributed by atoms with van der Waals surface area (Å²) >= 11 is 0. The Morgan fingerprint density at radius 3 is 3.14 bits per heavy atom. The third-order valence-electron chi connectivity index (χ3n) is 0.704. The quantitative estimate of drug-likeness (QED) is 0.575. The van der Waals surface area contributed by atoms with E-state index in [0.717, 1.165) is 0 Å². The highest BCUT2D eigenvalue weighted by Crippen LogP contribution is 1.95. The molecule has 0 aromatic carbocycles. The summed E-state index contributed by atoms with van der Waals surface area (Å²) in [4.78, 5) is 0. The maximum atomic E-state index is 8.42. The second-order valence-corrected chi connectivity index (χ2v) is 1.34. The molecule has 0 aliphatic heterocycles. The molecule has 0 saturated carbocycles. The van der Waals surface area contributed by atoms with Gasteiger partial charge in [-0.1, -0.05) is 26.1 Å². The first kappa shape index (κ1) is 3.08. The van der Waals surface area contributed by atoms with E-state index in [2.05, 4.69) is 0 Å². The highest BCUT2D eigenvalue weighted by Gasteiger charge is 1.80. The zero-order valence-electron chi connectivity index (χ0n) is 7.43. The first-order valence-electron chi connectivity index (χ1n) is 4.31. The molecule has 0 bridgehead atoms. The van der Waals surface area contributed by atoms with Crippen molar-refractivity contribution >= 4 is 0 Å². The first-order valence-corrected chi connectivity index (χ1v) is 2.45. The van der Waals surface area contributed by atoms with Crippen molar-refractivity contribution in [1.82, 2.24) is 0 Å². The van der Waals surface area contributed by atoms with Crippen LogP contribution in [0, 0.1) is 0 Å². The Bertz CT molecular complexity index is 69.4. The van der Waals surface area contributed by atoms with E-state index in [9.17, 15) is 0 Å². The molecule has 0 spiro atoms. The van der Waals surface area contributed by atoms with Crippen LogP contribution in [-0.2, 0) is 0 Å². The molecule has 44 valence electrons. The van der Waals surface area contributed by atoms with Crippen LogP contribution in [0.5, 0.6) is 0 Å². The van der Waals surface area contributed by atoms with Crippen LogP contribution in [0.15, 0.2) is 0 Å². The molecule has 0 radical (unpaired) electrons. The van der Waals surface area contributed by atoms with Crippen LogP contribution in [-0.4, -0.2) is 11.7 Å². The van der Waals surface area contributed by atoms with Gasteiger partial charge >= 0.3 is 0 Å². The number of hydrogen-bond acceptors (Lipinski definition) is 1. The summed E-state index contributed by atoms with van der Waals surface area (Å²) in [5.74, 6) is 0. The van der Waals surface area contributed by atoms with E-state index in [1.54, 1.807) is 0 Å². The van der Waals surface area contributed by atoms with Crippen LogP contribution in [0.4, 0.5) is 0 Å². The van der Waals surface area contributed by atoms with Crippen molar-refractivity contribution in [2.75, 3.05) is 6.61 Å². The van der Waals surface area contributed by atoms with Crippen LogP contribution >= 0.6 is 0 Å². The van der Waals surface area contributed by atoms with Crippen LogP contribution in [0.2, 0.25) is 0 Å². The van der Waals surface area contributed by atoms with Gasteiger partial charge in [-0.05, 0) is 6.40 Å². The average molecular weight is 105 g/mol. The average Bonchev–Trinajstić information content (AvgIpc) is 1.99. The van der Waals surface area contributed by atoms with E-state index in [4.69, 9.17) is 9.22 Å². The minimum Gasteiger partial charge on any atom is -0.396 e. The summed E-state index contributed by atoms with van der Waals surface area (Å²) < 4.78 is 21.0. The van der Waals surface area contributed by atoms with E-state index < -0.39 is 6.40 Å². The maximum Gasteiger partial charge on any atom is 0.0431 e. The Hall–Kier alpha value is -0.0400. The van der Waals surface area contributed by atoms with Crippen molar-refractivity contribution in [1.29, 1.82) is 0 Å². The van der Waals surface area contributed by atoms with Gasteiger partial charge in [0.05, 0.1) is 0 Å². The SMILES string of the molecule is [2H]CC([2H])CC[C@@H]([2H])CO. The molecule has 0 heterocycles. The standard InChI is InChI=1S/C6H14O/c1-2-3-4-5-6-7/h7H,2-6H2,1H3/i1D,2D,5D/t2?,5-/m1/s1. The topological polar surface area (TPSA) is 20.2 Å². The molecule has 0 aromatic rings. The van der Waals surface area contributed by atoms with Gasteiger partial charge in [0.1, 0.15) is 0 Å². The molecule has 1 unspecified atom stereocenters. The number of aliphatic hydroxyl groups is 1. The number of rotatable bonds is 4. The van der Waals surface area contributed by atoms with E-state index in [1.807, 2.05) is 0 Å². The molecule has 0 aliphatic rings. The fraction of sp³-hybridized carbons (Fsp3) is 1.00. The molecule has 2 atom stereocenters. The van der Waals surface area contributed by atoms with Crippen LogP contribution in [0.25, 0.3) is 0 Å². The van der Waals surface area contributed by atoms with Gasteiger partial charge in [-0.3, -0.25) is 0 Å². The van der Waals surface area contributed by atoms with Crippen molar-refractivity contribution in [3.05, 3.63) is 0 Å². The highest BCUT2D eigenvalue weighted by molar-refractivity contribution is 4.35. The smallest absolute Gasteiger partial charge is 0.0431 e. The van der Waals surface area contributed by atoms with Crippen LogP contribution in [0.3, 0.4) is 0 Å². The van der Waals surface area contributed by atoms with Gasteiger partial charge < -0.3 is 5.11 Å². The molecule has 0 rings (SSSR count). The van der Waals surface area contributed by atoms with E-state index in [0.29, 0.717) is 12.8 Å². The highest BCUT2D eigenvalue weighted by atomic mass is 16.2. The van der Waals surface area contributed by atoms with Gasteiger partial charge in [0.2, 0.25) is 0 Å². The van der Waals surface area contributed by atoms with Gasteiger partial charge in [-0.15, -0.1) is 0 Å². The van der Waals surface area contributed by atoms with Crippen molar-refractivity contribution in [3.8, 4) is 0 Å². The van der Waals surface area contributed by atoms with Gasteiger partial charge in [0.25, 0.3) is 0 Å². The molecule has 1 nitrogen and oxygen atoms in total. The molecule has 1 N–H and O–H groups in total. The van der Waals surface area contributed by atoms with E-state index in [-0.39, 0.29) is 19.9 Å². The lowest BCUT2D eigenvalue weighted by Crippen LogP contribution is -1.80. The normalized spacial score (nSPS) is 24.4. The zero-order valence-corrected chi connectivity index (χ0v) is 4.43. The lowest BCUT2D eigenvalue weighted by Gasteiger charge is -1.90. The molecule has 0 amide bonds. The van der Waals surface area contributed by atoms with E-state index >= 15 is 0 Å². The Morgan fingerprint density at radius 1 is 1.71 bits per heavy atom. The molecule has 0 saturated heterocycles. The van der Waals surface area contributed by atoms with Crippen LogP contribution < -0.4 is 0 Å². The lowest BCUT2D eigenvalue weighted by molar-refractivity contribution is 0.283. The molecule has 1 heteroatoms. The Morgan fingerprint density at radius 2 is 2.57 bits per heavy atom. The van der Waals surface area contributed by atoms with Crippen molar-refractivity contribution in [2.45, 2.75) is 32.5 Å². The lowest BCUT2D eigenvalue weighted by atomic mass is 10.2. The van der Waals surface area contributed by atoms with Crippen molar-refractivity contribution < 1.29 is 9.22 Å². The van der Waals surface area contributed by atoms with Gasteiger partial charge in [-0.25, -0.2) is 0 Å². The summed E-state index contributed by atoms with van der Waals surface area (Å²) in [5.41, 5.74) is 0. The third kappa shape index (κ3) is 5.96. The second-order valence-electron chi connectivity index (χ2n) is 1.34. The summed E-state index contributed by atoms with van der Waals surface area (Å²) in [5, 5.41) is 8.42. The largest absolute Gasteiger partial charge is 0.396 e. The number of aliphatic hydroxyl groups excluding tert-OH is 1. The fourth-order valence-corrected chi connectivity index (χ4v) is 0.327. The number of hydrogen-bond donors (Lipinski definition) is 1. The van der Waals surface area contributed by atoms with E-state index in [1.165, 1.54) is 0 Å². The molecule has 0 aromatic heterocycles. The molecular weight excluding hydrogens is 88.1 g/mol. The molecule has 7 heavy (non-hydrogen) atoms.